The predicted octanol–water partition coefficient (Wildman–Crippen LogP) is 0.750. The number of aromatic nitrogens is 3. The number of nitrogens with two attached hydrogens (primary N) is 1. The molecule has 4 nitrogen and oxygen atoms in total. The second-order valence-corrected chi connectivity index (χ2v) is 2.91. The summed E-state index contributed by atoms with van der Waals surface area (Å²) in [5.74, 6) is 1.46. The molecular formula is C8H16N4. The summed E-state index contributed by atoms with van der Waals surface area (Å²) in [4.78, 5) is 4.20. The molecule has 12 heavy (non-hydrogen) atoms. The van der Waals surface area contributed by atoms with Gasteiger partial charge in [0.25, 0.3) is 0 Å². The van der Waals surface area contributed by atoms with Crippen molar-refractivity contribution in [3.8, 4) is 0 Å². The second kappa shape index (κ2) is 4.21. The lowest BCUT2D eigenvalue weighted by molar-refractivity contribution is 0.553. The number of hydrogen-bond donors (Lipinski definition) is 1. The Morgan fingerprint density at radius 1 is 1.67 bits per heavy atom. The van der Waals surface area contributed by atoms with Crippen LogP contribution >= 0.6 is 0 Å². The summed E-state index contributed by atoms with van der Waals surface area (Å²) in [6.07, 6.45) is 2.57. The standard InChI is InChI=1S/C8H16N4/c1-3-12-8(10-6-11-12)7(2)4-5-9/h6-7H,3-5,9H2,1-2H3. The fraction of sp³-hybridized carbons (Fsp3) is 0.750. The smallest absolute Gasteiger partial charge is 0.138 e. The molecule has 0 radical (unpaired) electrons. The average molecular weight is 168 g/mol. The Kier molecular flexibility index (Phi) is 3.22. The van der Waals surface area contributed by atoms with Crippen LogP contribution in [0.15, 0.2) is 6.33 Å². The van der Waals surface area contributed by atoms with Crippen LogP contribution in [0.25, 0.3) is 0 Å². The average Bonchev–Trinajstić information content (AvgIpc) is 2.51. The Morgan fingerprint density at radius 2 is 2.42 bits per heavy atom. The molecule has 0 aliphatic rings. The van der Waals surface area contributed by atoms with Gasteiger partial charge in [-0.15, -0.1) is 0 Å². The summed E-state index contributed by atoms with van der Waals surface area (Å²) in [7, 11) is 0. The molecule has 0 aliphatic carbocycles. The van der Waals surface area contributed by atoms with E-state index < -0.39 is 0 Å². The van der Waals surface area contributed by atoms with E-state index in [0.717, 1.165) is 18.8 Å². The van der Waals surface area contributed by atoms with Crippen LogP contribution in [0.3, 0.4) is 0 Å². The van der Waals surface area contributed by atoms with E-state index in [1.54, 1.807) is 6.33 Å². The van der Waals surface area contributed by atoms with Crippen molar-refractivity contribution in [3.63, 3.8) is 0 Å². The molecule has 0 aliphatic heterocycles. The maximum Gasteiger partial charge on any atom is 0.138 e. The quantitative estimate of drug-likeness (QED) is 0.721. The van der Waals surface area contributed by atoms with Crippen molar-refractivity contribution in [1.29, 1.82) is 0 Å². The van der Waals surface area contributed by atoms with Crippen LogP contribution in [0.1, 0.15) is 32.0 Å². The van der Waals surface area contributed by atoms with Crippen LogP contribution < -0.4 is 5.73 Å². The van der Waals surface area contributed by atoms with E-state index in [-0.39, 0.29) is 0 Å². The molecule has 0 amide bonds. The van der Waals surface area contributed by atoms with E-state index in [9.17, 15) is 0 Å². The number of aryl methyl sites for hydroxylation is 1. The maximum absolute atomic E-state index is 5.47. The Labute approximate surface area is 72.8 Å². The molecule has 0 fully saturated rings. The normalized spacial score (nSPS) is 13.2. The van der Waals surface area contributed by atoms with Gasteiger partial charge in [-0.2, -0.15) is 5.10 Å². The number of hydrogen-bond acceptors (Lipinski definition) is 3. The van der Waals surface area contributed by atoms with Crippen LogP contribution in [0.5, 0.6) is 0 Å². The third kappa shape index (κ3) is 1.82. The molecule has 0 saturated carbocycles. The minimum atomic E-state index is 0.414. The van der Waals surface area contributed by atoms with Gasteiger partial charge in [0.1, 0.15) is 12.2 Å². The van der Waals surface area contributed by atoms with Crippen molar-refractivity contribution in [2.45, 2.75) is 32.7 Å². The Balaban J connectivity index is 2.71. The third-order valence-corrected chi connectivity index (χ3v) is 1.99. The summed E-state index contributed by atoms with van der Waals surface area (Å²) in [6.45, 7) is 5.78. The molecule has 1 atom stereocenters. The zero-order chi connectivity index (χ0) is 8.97. The summed E-state index contributed by atoms with van der Waals surface area (Å²) in [6, 6.07) is 0. The minimum absolute atomic E-state index is 0.414. The van der Waals surface area contributed by atoms with Gasteiger partial charge in [-0.05, 0) is 19.9 Å². The Morgan fingerprint density at radius 3 is 3.00 bits per heavy atom. The lowest BCUT2D eigenvalue weighted by Crippen LogP contribution is -2.11. The van der Waals surface area contributed by atoms with Gasteiger partial charge >= 0.3 is 0 Å². The van der Waals surface area contributed by atoms with E-state index in [4.69, 9.17) is 5.73 Å². The molecule has 1 aromatic rings. The largest absolute Gasteiger partial charge is 0.330 e. The summed E-state index contributed by atoms with van der Waals surface area (Å²) < 4.78 is 1.92. The van der Waals surface area contributed by atoms with Gasteiger partial charge < -0.3 is 5.73 Å². The minimum Gasteiger partial charge on any atom is -0.330 e. The second-order valence-electron chi connectivity index (χ2n) is 2.91. The molecule has 2 N–H and O–H groups in total. The highest BCUT2D eigenvalue weighted by Gasteiger charge is 2.10. The molecule has 0 bridgehead atoms. The van der Waals surface area contributed by atoms with Gasteiger partial charge in [-0.1, -0.05) is 6.92 Å². The van der Waals surface area contributed by atoms with Crippen LogP contribution in [-0.4, -0.2) is 21.3 Å². The zero-order valence-corrected chi connectivity index (χ0v) is 7.70. The lowest BCUT2D eigenvalue weighted by Gasteiger charge is -2.09. The van der Waals surface area contributed by atoms with Crippen molar-refractivity contribution in [1.82, 2.24) is 14.8 Å². The topological polar surface area (TPSA) is 56.7 Å². The summed E-state index contributed by atoms with van der Waals surface area (Å²) >= 11 is 0. The van der Waals surface area contributed by atoms with E-state index in [1.807, 2.05) is 4.68 Å². The van der Waals surface area contributed by atoms with Crippen LogP contribution in [0, 0.1) is 0 Å². The van der Waals surface area contributed by atoms with E-state index >= 15 is 0 Å². The van der Waals surface area contributed by atoms with Crippen molar-refractivity contribution < 1.29 is 0 Å². The Bertz CT molecular complexity index is 231. The first kappa shape index (κ1) is 9.19. The van der Waals surface area contributed by atoms with Gasteiger partial charge in [0.15, 0.2) is 0 Å². The van der Waals surface area contributed by atoms with Gasteiger partial charge in [0.05, 0.1) is 0 Å². The predicted molar refractivity (Wildman–Crippen MR) is 47.8 cm³/mol. The van der Waals surface area contributed by atoms with E-state index in [0.29, 0.717) is 12.5 Å². The molecule has 1 rings (SSSR count). The fourth-order valence-electron chi connectivity index (χ4n) is 1.28. The highest BCUT2D eigenvalue weighted by Crippen LogP contribution is 2.14. The maximum atomic E-state index is 5.47. The number of nitrogens with zero attached hydrogens (tertiary/aromatic N) is 3. The van der Waals surface area contributed by atoms with Crippen LogP contribution in [0.2, 0.25) is 0 Å². The molecule has 68 valence electrons. The first-order valence-electron chi connectivity index (χ1n) is 4.37. The number of rotatable bonds is 4. The van der Waals surface area contributed by atoms with Crippen molar-refractivity contribution in [2.24, 2.45) is 5.73 Å². The first-order valence-corrected chi connectivity index (χ1v) is 4.37. The molecule has 0 saturated heterocycles. The zero-order valence-electron chi connectivity index (χ0n) is 7.70. The SMILES string of the molecule is CCn1ncnc1C(C)CCN. The molecule has 0 spiro atoms. The monoisotopic (exact) mass is 168 g/mol. The van der Waals surface area contributed by atoms with Crippen LogP contribution in [0.4, 0.5) is 0 Å². The molecule has 4 heteroatoms. The van der Waals surface area contributed by atoms with E-state index in [2.05, 4.69) is 23.9 Å². The highest BCUT2D eigenvalue weighted by atomic mass is 15.3. The molecular weight excluding hydrogens is 152 g/mol. The molecule has 1 unspecified atom stereocenters. The molecule has 0 aromatic carbocycles. The van der Waals surface area contributed by atoms with Gasteiger partial charge in [-0.25, -0.2) is 4.98 Å². The lowest BCUT2D eigenvalue weighted by atomic mass is 10.1. The summed E-state index contributed by atoms with van der Waals surface area (Å²) in [5, 5.41) is 4.10. The summed E-state index contributed by atoms with van der Waals surface area (Å²) in [5.41, 5.74) is 5.47. The van der Waals surface area contributed by atoms with Crippen molar-refractivity contribution >= 4 is 0 Å². The first-order chi connectivity index (χ1) is 5.79. The van der Waals surface area contributed by atoms with Gasteiger partial charge in [0, 0.05) is 12.5 Å². The fourth-order valence-corrected chi connectivity index (χ4v) is 1.28. The molecule has 1 heterocycles. The Hall–Kier alpha value is -0.900. The van der Waals surface area contributed by atoms with Crippen molar-refractivity contribution in [3.05, 3.63) is 12.2 Å². The van der Waals surface area contributed by atoms with E-state index in [1.165, 1.54) is 0 Å². The van der Waals surface area contributed by atoms with Gasteiger partial charge in [-0.3, -0.25) is 4.68 Å². The highest BCUT2D eigenvalue weighted by molar-refractivity contribution is 4.93. The third-order valence-electron chi connectivity index (χ3n) is 1.99. The van der Waals surface area contributed by atoms with Crippen LogP contribution in [-0.2, 0) is 6.54 Å². The molecule has 1 aromatic heterocycles. The van der Waals surface area contributed by atoms with Crippen molar-refractivity contribution in [2.75, 3.05) is 6.54 Å². The van der Waals surface area contributed by atoms with Gasteiger partial charge in [0.2, 0.25) is 0 Å².